The molecule has 0 aromatic heterocycles. The third-order valence-electron chi connectivity index (χ3n) is 4.98. The van der Waals surface area contributed by atoms with Gasteiger partial charge in [0.15, 0.2) is 0 Å². The summed E-state index contributed by atoms with van der Waals surface area (Å²) >= 11 is 0. The number of nitrogens with zero attached hydrogens (tertiary/aromatic N) is 1. The Bertz CT molecular complexity index is 332. The molecule has 2 aliphatic rings. The van der Waals surface area contributed by atoms with E-state index in [-0.39, 0.29) is 6.03 Å². The minimum Gasteiger partial charge on any atom is -0.379 e. The highest BCUT2D eigenvalue weighted by Gasteiger charge is 2.27. The van der Waals surface area contributed by atoms with Gasteiger partial charge in [0.1, 0.15) is 0 Å². The van der Waals surface area contributed by atoms with Crippen molar-refractivity contribution in [2.45, 2.75) is 64.3 Å². The summed E-state index contributed by atoms with van der Waals surface area (Å²) in [6.07, 6.45) is 9.52. The Morgan fingerprint density at radius 3 is 2.65 bits per heavy atom. The lowest BCUT2D eigenvalue weighted by Gasteiger charge is -2.26. The van der Waals surface area contributed by atoms with Gasteiger partial charge < -0.3 is 19.7 Å². The van der Waals surface area contributed by atoms with Crippen molar-refractivity contribution in [3.8, 4) is 0 Å². The molecule has 5 nitrogen and oxygen atoms in total. The van der Waals surface area contributed by atoms with E-state index in [1.165, 1.54) is 19.3 Å². The third-order valence-corrected chi connectivity index (χ3v) is 4.98. The van der Waals surface area contributed by atoms with Gasteiger partial charge in [-0.1, -0.05) is 19.3 Å². The zero-order chi connectivity index (χ0) is 16.3. The summed E-state index contributed by atoms with van der Waals surface area (Å²) in [6.45, 7) is 6.76. The van der Waals surface area contributed by atoms with E-state index in [0.717, 1.165) is 58.4 Å². The van der Waals surface area contributed by atoms with Gasteiger partial charge in [0.05, 0.1) is 13.2 Å². The maximum atomic E-state index is 12.3. The predicted octanol–water partition coefficient (Wildman–Crippen LogP) is 3.18. The number of ether oxygens (including phenoxy) is 2. The van der Waals surface area contributed by atoms with Crippen molar-refractivity contribution < 1.29 is 14.3 Å². The van der Waals surface area contributed by atoms with E-state index < -0.39 is 0 Å². The fourth-order valence-electron chi connectivity index (χ4n) is 3.60. The van der Waals surface area contributed by atoms with Crippen molar-refractivity contribution >= 4 is 6.03 Å². The van der Waals surface area contributed by atoms with Crippen LogP contribution in [0.1, 0.15) is 58.3 Å². The van der Waals surface area contributed by atoms with Gasteiger partial charge in [-0.3, -0.25) is 0 Å². The van der Waals surface area contributed by atoms with Gasteiger partial charge in [-0.25, -0.2) is 4.79 Å². The van der Waals surface area contributed by atoms with Crippen LogP contribution in [-0.4, -0.2) is 56.5 Å². The number of urea groups is 1. The largest absolute Gasteiger partial charge is 0.379 e. The lowest BCUT2D eigenvalue weighted by atomic mass is 9.96. The molecule has 5 heteroatoms. The molecule has 0 aromatic rings. The lowest BCUT2D eigenvalue weighted by molar-refractivity contribution is 0.0503. The Hall–Kier alpha value is -0.810. The van der Waals surface area contributed by atoms with Crippen LogP contribution < -0.4 is 5.32 Å². The molecule has 1 atom stereocenters. The molecule has 1 aliphatic carbocycles. The fraction of sp³-hybridized carbons (Fsp3) is 0.944. The number of amides is 2. The normalized spacial score (nSPS) is 22.5. The van der Waals surface area contributed by atoms with Crippen molar-refractivity contribution in [1.29, 1.82) is 0 Å². The highest BCUT2D eigenvalue weighted by molar-refractivity contribution is 5.74. The van der Waals surface area contributed by atoms with E-state index in [1.54, 1.807) is 0 Å². The SMILES string of the molecule is CCOCCOCCCC1CCN(C(=O)NC2CCCCC2)C1. The van der Waals surface area contributed by atoms with E-state index in [0.29, 0.717) is 25.2 Å². The van der Waals surface area contributed by atoms with Gasteiger partial charge in [0.25, 0.3) is 0 Å². The Labute approximate surface area is 141 Å². The molecule has 0 aromatic carbocycles. The highest BCUT2D eigenvalue weighted by Crippen LogP contribution is 2.22. The second kappa shape index (κ2) is 10.9. The molecule has 1 heterocycles. The van der Waals surface area contributed by atoms with Crippen LogP contribution >= 0.6 is 0 Å². The van der Waals surface area contributed by atoms with Crippen LogP contribution in [0.25, 0.3) is 0 Å². The predicted molar refractivity (Wildman–Crippen MR) is 91.6 cm³/mol. The van der Waals surface area contributed by atoms with E-state index in [4.69, 9.17) is 9.47 Å². The Balaban J connectivity index is 1.52. The van der Waals surface area contributed by atoms with Gasteiger partial charge in [-0.2, -0.15) is 0 Å². The molecule has 2 fully saturated rings. The Morgan fingerprint density at radius 1 is 1.09 bits per heavy atom. The molecule has 0 radical (unpaired) electrons. The smallest absolute Gasteiger partial charge is 0.317 e. The van der Waals surface area contributed by atoms with Gasteiger partial charge in [-0.05, 0) is 44.9 Å². The Kier molecular flexibility index (Phi) is 8.76. The number of rotatable bonds is 9. The topological polar surface area (TPSA) is 50.8 Å². The van der Waals surface area contributed by atoms with Gasteiger partial charge in [-0.15, -0.1) is 0 Å². The molecule has 0 spiro atoms. The molecule has 1 N–H and O–H groups in total. The third kappa shape index (κ3) is 7.08. The molecule has 1 unspecified atom stereocenters. The number of likely N-dealkylation sites (tertiary alicyclic amines) is 1. The quantitative estimate of drug-likeness (QED) is 0.662. The summed E-state index contributed by atoms with van der Waals surface area (Å²) in [5, 5.41) is 3.23. The number of carbonyl (C=O) groups excluding carboxylic acids is 1. The first-order chi connectivity index (χ1) is 11.3. The van der Waals surface area contributed by atoms with Crippen molar-refractivity contribution in [2.75, 3.05) is 39.5 Å². The molecular weight excluding hydrogens is 292 g/mol. The molecule has 134 valence electrons. The van der Waals surface area contributed by atoms with Crippen LogP contribution in [0.2, 0.25) is 0 Å². The first-order valence-corrected chi connectivity index (χ1v) is 9.50. The molecule has 1 aliphatic heterocycles. The standard InChI is InChI=1S/C18H34N2O3/c1-2-22-13-14-23-12-6-7-16-10-11-20(15-16)18(21)19-17-8-4-3-5-9-17/h16-17H,2-15H2,1H3,(H,19,21). The van der Waals surface area contributed by atoms with Crippen LogP contribution in [-0.2, 0) is 9.47 Å². The van der Waals surface area contributed by atoms with Gasteiger partial charge >= 0.3 is 6.03 Å². The summed E-state index contributed by atoms with van der Waals surface area (Å²) in [6, 6.07) is 0.571. The highest BCUT2D eigenvalue weighted by atomic mass is 16.5. The lowest BCUT2D eigenvalue weighted by Crippen LogP contribution is -2.44. The zero-order valence-corrected chi connectivity index (χ0v) is 14.7. The van der Waals surface area contributed by atoms with Gasteiger partial charge in [0, 0.05) is 32.3 Å². The van der Waals surface area contributed by atoms with Crippen molar-refractivity contribution in [3.63, 3.8) is 0 Å². The second-order valence-corrected chi connectivity index (χ2v) is 6.84. The van der Waals surface area contributed by atoms with Crippen LogP contribution in [0.3, 0.4) is 0 Å². The summed E-state index contributed by atoms with van der Waals surface area (Å²) in [4.78, 5) is 14.3. The number of hydrogen-bond acceptors (Lipinski definition) is 3. The molecule has 0 bridgehead atoms. The average molecular weight is 326 g/mol. The van der Waals surface area contributed by atoms with Crippen LogP contribution in [0.4, 0.5) is 4.79 Å². The summed E-state index contributed by atoms with van der Waals surface area (Å²) in [5.74, 6) is 0.641. The molecule has 2 rings (SSSR count). The van der Waals surface area contributed by atoms with Crippen molar-refractivity contribution in [1.82, 2.24) is 10.2 Å². The molecule has 23 heavy (non-hydrogen) atoms. The molecule has 1 saturated heterocycles. The number of carbonyl (C=O) groups is 1. The van der Waals surface area contributed by atoms with E-state index in [1.807, 2.05) is 11.8 Å². The average Bonchev–Trinajstić information content (AvgIpc) is 3.04. The van der Waals surface area contributed by atoms with Crippen molar-refractivity contribution in [2.24, 2.45) is 5.92 Å². The summed E-state index contributed by atoms with van der Waals surface area (Å²) < 4.78 is 10.8. The fourth-order valence-corrected chi connectivity index (χ4v) is 3.60. The zero-order valence-electron chi connectivity index (χ0n) is 14.7. The second-order valence-electron chi connectivity index (χ2n) is 6.84. The van der Waals surface area contributed by atoms with Crippen LogP contribution in [0, 0.1) is 5.92 Å². The maximum Gasteiger partial charge on any atom is 0.317 e. The first-order valence-electron chi connectivity index (χ1n) is 9.50. The van der Waals surface area contributed by atoms with E-state index >= 15 is 0 Å². The number of hydrogen-bond donors (Lipinski definition) is 1. The molecule has 2 amide bonds. The maximum absolute atomic E-state index is 12.3. The van der Waals surface area contributed by atoms with E-state index in [9.17, 15) is 4.79 Å². The monoisotopic (exact) mass is 326 g/mol. The van der Waals surface area contributed by atoms with Crippen LogP contribution in [0.5, 0.6) is 0 Å². The van der Waals surface area contributed by atoms with Crippen LogP contribution in [0.15, 0.2) is 0 Å². The van der Waals surface area contributed by atoms with E-state index in [2.05, 4.69) is 5.32 Å². The molecular formula is C18H34N2O3. The van der Waals surface area contributed by atoms with Gasteiger partial charge in [0.2, 0.25) is 0 Å². The number of nitrogens with one attached hydrogen (secondary N) is 1. The first kappa shape index (κ1) is 18.5. The summed E-state index contributed by atoms with van der Waals surface area (Å²) in [7, 11) is 0. The Morgan fingerprint density at radius 2 is 1.87 bits per heavy atom. The van der Waals surface area contributed by atoms with Crippen molar-refractivity contribution in [3.05, 3.63) is 0 Å². The minimum absolute atomic E-state index is 0.160. The molecule has 1 saturated carbocycles. The minimum atomic E-state index is 0.160. The summed E-state index contributed by atoms with van der Waals surface area (Å²) in [5.41, 5.74) is 0.